The van der Waals surface area contributed by atoms with Crippen LogP contribution in [0.1, 0.15) is 68.0 Å². The van der Waals surface area contributed by atoms with E-state index in [-0.39, 0.29) is 69.6 Å². The molecule has 19 heteroatoms. The molecule has 4 fully saturated rings. The number of benzene rings is 2. The van der Waals surface area contributed by atoms with Crippen molar-refractivity contribution in [2.75, 3.05) is 54.9 Å². The van der Waals surface area contributed by atoms with Crippen molar-refractivity contribution in [2.45, 2.75) is 74.9 Å². The molecule has 0 bridgehead atoms. The molecule has 3 N–H and O–H groups in total. The summed E-state index contributed by atoms with van der Waals surface area (Å²) in [6, 6.07) is 7.62. The fourth-order valence-electron chi connectivity index (χ4n) is 9.93. The highest BCUT2D eigenvalue weighted by molar-refractivity contribution is 6.33. The van der Waals surface area contributed by atoms with Crippen LogP contribution in [-0.4, -0.2) is 98.5 Å². The third-order valence-electron chi connectivity index (χ3n) is 13.7. The van der Waals surface area contributed by atoms with E-state index in [0.717, 1.165) is 42.9 Å². The Morgan fingerprint density at radius 3 is 2.52 bits per heavy atom. The standard InChI is InChI=1S/C44H47ClF4N10O4/c1-56-33-17-30(46)32(16-28(33)37-38(42(56)62)63-21-44(48,49)39(53-37)23-3-4-23)51-40-29(45)18-50-43(54-40)59-14-11-25(31(47)20-59)19-58-12-9-22(10-13-58)24-5-6-26-34(15-24)57(2)55-36(26)27-7-8-35(60)52-41(27)61/h5-6,15-18,22-23,25,27,31,39,53H,3-4,7-14,19-21H2,1-2H3,(H,50,51,54)(H,52,60,61)/t25-,27?,31-,39-/m0/s1. The highest BCUT2D eigenvalue weighted by Crippen LogP contribution is 2.46. The summed E-state index contributed by atoms with van der Waals surface area (Å²) < 4.78 is 70.5. The van der Waals surface area contributed by atoms with Crippen molar-refractivity contribution in [3.05, 3.63) is 69.0 Å². The van der Waals surface area contributed by atoms with Crippen molar-refractivity contribution in [1.82, 2.24) is 34.5 Å². The Labute approximate surface area is 364 Å². The van der Waals surface area contributed by atoms with Gasteiger partial charge in [-0.05, 0) is 81.1 Å². The number of fused-ring (bicyclic) bond motifs is 4. The van der Waals surface area contributed by atoms with E-state index in [4.69, 9.17) is 16.3 Å². The van der Waals surface area contributed by atoms with Crippen LogP contribution in [0, 0.1) is 17.7 Å². The van der Waals surface area contributed by atoms with Gasteiger partial charge >= 0.3 is 5.92 Å². The number of alkyl halides is 3. The van der Waals surface area contributed by atoms with Gasteiger partial charge in [0.05, 0.1) is 52.8 Å². The Morgan fingerprint density at radius 1 is 0.984 bits per heavy atom. The fourth-order valence-corrected chi connectivity index (χ4v) is 10.1. The van der Waals surface area contributed by atoms with Crippen molar-refractivity contribution in [3.8, 4) is 5.75 Å². The molecule has 1 unspecified atom stereocenters. The second kappa shape index (κ2) is 15.9. The highest BCUT2D eigenvalue weighted by atomic mass is 35.5. The fraction of sp³-hybridized carbons (Fsp3) is 0.500. The summed E-state index contributed by atoms with van der Waals surface area (Å²) in [4.78, 5) is 50.6. The number of piperidine rings is 3. The number of carbonyl (C=O) groups excluding carboxylic acids is 2. The number of hydrogen-bond acceptors (Lipinski definition) is 11. The van der Waals surface area contributed by atoms with Crippen LogP contribution in [0.3, 0.4) is 0 Å². The van der Waals surface area contributed by atoms with Gasteiger partial charge < -0.3 is 29.7 Å². The molecule has 14 nitrogen and oxygen atoms in total. The van der Waals surface area contributed by atoms with Gasteiger partial charge in [0.2, 0.25) is 23.5 Å². The minimum absolute atomic E-state index is 0.0662. The van der Waals surface area contributed by atoms with Crippen LogP contribution in [0.2, 0.25) is 5.02 Å². The molecular formula is C44H47ClF4N10O4. The lowest BCUT2D eigenvalue weighted by Crippen LogP contribution is -2.47. The second-order valence-corrected chi connectivity index (χ2v) is 18.2. The van der Waals surface area contributed by atoms with E-state index in [1.165, 1.54) is 29.4 Å². The number of nitrogens with zero attached hydrogens (tertiary/aromatic N) is 7. The predicted octanol–water partition coefficient (Wildman–Crippen LogP) is 6.53. The summed E-state index contributed by atoms with van der Waals surface area (Å²) in [7, 11) is 3.30. The SMILES string of the molecule is Cn1nc(C2CCC(=O)NC2=O)c2ccc(C3CCN(C[C@@H]4CCN(c5ncc(Cl)c(Nc6cc7c8c(c(=O)n(C)c7cc6F)OCC(F)(F)[C@H](C6CC6)N8)n5)C[C@@H]4F)CC3)cc21. The molecule has 4 atom stereocenters. The lowest BCUT2D eigenvalue weighted by molar-refractivity contribution is -0.134. The predicted molar refractivity (Wildman–Crippen MR) is 230 cm³/mol. The van der Waals surface area contributed by atoms with Crippen LogP contribution in [0.4, 0.5) is 40.7 Å². The van der Waals surface area contributed by atoms with Crippen molar-refractivity contribution < 1.29 is 31.9 Å². The number of aryl methyl sites for hydroxylation is 2. The van der Waals surface area contributed by atoms with Crippen LogP contribution in [0.5, 0.6) is 5.75 Å². The third kappa shape index (κ3) is 7.72. The lowest BCUT2D eigenvalue weighted by atomic mass is 9.87. The third-order valence-corrected chi connectivity index (χ3v) is 13.9. The second-order valence-electron chi connectivity index (χ2n) is 17.8. The molecule has 2 aromatic carbocycles. The molecule has 2 amide bonds. The zero-order chi connectivity index (χ0) is 43.9. The molecule has 3 saturated heterocycles. The van der Waals surface area contributed by atoms with Gasteiger partial charge in [-0.1, -0.05) is 23.7 Å². The Bertz CT molecular complexity index is 2720. The molecule has 0 spiro atoms. The van der Waals surface area contributed by atoms with E-state index in [2.05, 4.69) is 48.0 Å². The zero-order valence-corrected chi connectivity index (χ0v) is 35.5. The van der Waals surface area contributed by atoms with Crippen molar-refractivity contribution >= 4 is 68.4 Å². The maximum atomic E-state index is 16.0. The molecule has 7 heterocycles. The summed E-state index contributed by atoms with van der Waals surface area (Å²) >= 11 is 6.52. The maximum absolute atomic E-state index is 16.0. The van der Waals surface area contributed by atoms with Gasteiger partial charge in [-0.3, -0.25) is 24.4 Å². The van der Waals surface area contributed by atoms with E-state index < -0.39 is 42.0 Å². The van der Waals surface area contributed by atoms with Gasteiger partial charge in [0, 0.05) is 56.4 Å². The molecular weight excluding hydrogens is 844 g/mol. The average molecular weight is 891 g/mol. The number of imide groups is 1. The molecule has 10 rings (SSSR count). The van der Waals surface area contributed by atoms with Crippen LogP contribution >= 0.6 is 11.6 Å². The van der Waals surface area contributed by atoms with Crippen LogP contribution in [0.25, 0.3) is 21.8 Å². The summed E-state index contributed by atoms with van der Waals surface area (Å²) in [5.41, 5.74) is 2.37. The maximum Gasteiger partial charge on any atom is 0.301 e. The number of ether oxygens (including phenoxy) is 1. The highest BCUT2D eigenvalue weighted by Gasteiger charge is 2.51. The number of aromatic nitrogens is 5. The molecule has 0 radical (unpaired) electrons. The smallest absolute Gasteiger partial charge is 0.301 e. The van der Waals surface area contributed by atoms with E-state index in [1.807, 2.05) is 17.8 Å². The zero-order valence-electron chi connectivity index (χ0n) is 34.8. The first-order valence-electron chi connectivity index (χ1n) is 21.6. The number of nitrogens with one attached hydrogen (secondary N) is 3. The van der Waals surface area contributed by atoms with E-state index in [0.29, 0.717) is 62.2 Å². The van der Waals surface area contributed by atoms with Crippen molar-refractivity contribution in [3.63, 3.8) is 0 Å². The van der Waals surface area contributed by atoms with E-state index >= 15 is 17.6 Å². The van der Waals surface area contributed by atoms with Gasteiger partial charge in [0.1, 0.15) is 17.0 Å². The molecule has 5 aromatic rings. The Kier molecular flexibility index (Phi) is 10.5. The van der Waals surface area contributed by atoms with Crippen molar-refractivity contribution in [1.29, 1.82) is 0 Å². The largest absolute Gasteiger partial charge is 0.480 e. The van der Waals surface area contributed by atoms with E-state index in [1.54, 1.807) is 4.90 Å². The number of likely N-dealkylation sites (tertiary alicyclic amines) is 1. The van der Waals surface area contributed by atoms with Gasteiger partial charge in [0.25, 0.3) is 5.56 Å². The summed E-state index contributed by atoms with van der Waals surface area (Å²) in [5.74, 6) is -5.09. The van der Waals surface area contributed by atoms with Crippen LogP contribution < -0.4 is 31.1 Å². The number of hydrogen-bond donors (Lipinski definition) is 3. The molecule has 1 saturated carbocycles. The summed E-state index contributed by atoms with van der Waals surface area (Å²) in [5, 5.41) is 14.3. The number of amides is 2. The quantitative estimate of drug-likeness (QED) is 0.115. The molecule has 1 aliphatic carbocycles. The molecule has 63 heavy (non-hydrogen) atoms. The topological polar surface area (TPSA) is 152 Å². The minimum Gasteiger partial charge on any atom is -0.480 e. The Morgan fingerprint density at radius 2 is 1.78 bits per heavy atom. The molecule has 332 valence electrons. The first-order valence-corrected chi connectivity index (χ1v) is 21.9. The van der Waals surface area contributed by atoms with Crippen LogP contribution in [0.15, 0.2) is 41.3 Å². The lowest BCUT2D eigenvalue weighted by Gasteiger charge is -2.39. The Balaban J connectivity index is 0.788. The Hall–Kier alpha value is -5.49. The first-order chi connectivity index (χ1) is 30.2. The van der Waals surface area contributed by atoms with Gasteiger partial charge in [-0.2, -0.15) is 10.1 Å². The number of pyridine rings is 1. The number of anilines is 4. The number of halogens is 5. The summed E-state index contributed by atoms with van der Waals surface area (Å²) in [6.07, 6.45) is 4.61. The number of rotatable bonds is 8. The molecule has 5 aliphatic rings. The van der Waals surface area contributed by atoms with Gasteiger partial charge in [0.15, 0.2) is 12.4 Å². The van der Waals surface area contributed by atoms with Gasteiger partial charge in [-0.25, -0.2) is 22.5 Å². The van der Waals surface area contributed by atoms with Crippen LogP contribution in [-0.2, 0) is 23.7 Å². The van der Waals surface area contributed by atoms with Gasteiger partial charge in [-0.15, -0.1) is 0 Å². The minimum atomic E-state index is -3.23. The molecule has 4 aliphatic heterocycles. The number of carbonyl (C=O) groups is 2. The monoisotopic (exact) mass is 890 g/mol. The van der Waals surface area contributed by atoms with Crippen molar-refractivity contribution in [2.24, 2.45) is 25.9 Å². The first kappa shape index (κ1) is 41.5. The normalized spacial score (nSPS) is 24.5. The van der Waals surface area contributed by atoms with E-state index in [9.17, 15) is 14.4 Å². The molecule has 3 aromatic heterocycles. The average Bonchev–Trinajstić information content (AvgIpc) is 4.07. The summed E-state index contributed by atoms with van der Waals surface area (Å²) in [6.45, 7) is 1.90.